The molecule has 5 heteroatoms. The van der Waals surface area contributed by atoms with Crippen molar-refractivity contribution in [1.29, 1.82) is 0 Å². The standard InChI is InChI=1S/C35H74NO3P/c1-4-6-8-10-12-14-16-18-20-22-24-26-28-30-32-34-36(40(37,38)39-3)35-33-31-29-27-25-23-21-19-17-15-13-11-9-7-5-2/h4-35H2,1-3H3,(H,37,38). The van der Waals surface area contributed by atoms with Crippen molar-refractivity contribution in [2.24, 2.45) is 0 Å². The molecule has 1 atom stereocenters. The van der Waals surface area contributed by atoms with Gasteiger partial charge < -0.3 is 9.42 Å². The Labute approximate surface area is 252 Å². The third-order valence-corrected chi connectivity index (χ3v) is 10.2. The first-order valence-corrected chi connectivity index (χ1v) is 19.8. The fourth-order valence-corrected chi connectivity index (χ4v) is 6.83. The highest BCUT2D eigenvalue weighted by Gasteiger charge is 2.27. The molecule has 0 aromatic heterocycles. The molecule has 0 aliphatic rings. The molecule has 0 aliphatic heterocycles. The number of hydrogen-bond donors (Lipinski definition) is 1. The van der Waals surface area contributed by atoms with Crippen molar-refractivity contribution < 1.29 is 14.0 Å². The molecule has 1 N–H and O–H groups in total. The molecule has 0 radical (unpaired) electrons. The SMILES string of the molecule is CCCCCCCCCCCCCCCCCN(CCCCCCCCCCCCCCCCC)P(=O)(O)OC. The summed E-state index contributed by atoms with van der Waals surface area (Å²) in [7, 11) is -2.26. The summed E-state index contributed by atoms with van der Waals surface area (Å²) in [6, 6.07) is 0. The van der Waals surface area contributed by atoms with Crippen molar-refractivity contribution in [3.05, 3.63) is 0 Å². The fraction of sp³-hybridized carbons (Fsp3) is 1.00. The number of hydrogen-bond acceptors (Lipinski definition) is 2. The molecule has 0 aliphatic carbocycles. The minimum Gasteiger partial charge on any atom is -0.312 e. The molecule has 242 valence electrons. The Morgan fingerprint density at radius 3 is 0.825 bits per heavy atom. The van der Waals surface area contributed by atoms with Crippen molar-refractivity contribution in [1.82, 2.24) is 4.67 Å². The van der Waals surface area contributed by atoms with E-state index in [-0.39, 0.29) is 0 Å². The normalized spacial score (nSPS) is 13.3. The average molecular weight is 588 g/mol. The summed E-state index contributed by atoms with van der Waals surface area (Å²) >= 11 is 0. The zero-order chi connectivity index (χ0) is 29.4. The van der Waals surface area contributed by atoms with Crippen LogP contribution in [0.25, 0.3) is 0 Å². The van der Waals surface area contributed by atoms with Gasteiger partial charge in [-0.1, -0.05) is 194 Å². The molecule has 0 heterocycles. The van der Waals surface area contributed by atoms with Crippen LogP contribution in [0.3, 0.4) is 0 Å². The van der Waals surface area contributed by atoms with E-state index in [0.29, 0.717) is 13.1 Å². The van der Waals surface area contributed by atoms with E-state index in [9.17, 15) is 9.46 Å². The number of unbranched alkanes of at least 4 members (excludes halogenated alkanes) is 28. The van der Waals surface area contributed by atoms with E-state index >= 15 is 0 Å². The lowest BCUT2D eigenvalue weighted by atomic mass is 10.0. The third kappa shape index (κ3) is 28.2. The molecule has 0 aromatic carbocycles. The molecule has 0 bridgehead atoms. The summed E-state index contributed by atoms with van der Waals surface area (Å²) in [5.74, 6) is 0. The maximum Gasteiger partial charge on any atom is 0.405 e. The second-order valence-electron chi connectivity index (χ2n) is 12.5. The predicted octanol–water partition coefficient (Wildman–Crippen LogP) is 12.8. The van der Waals surface area contributed by atoms with E-state index < -0.39 is 7.75 Å². The Balaban J connectivity index is 3.63. The zero-order valence-corrected chi connectivity index (χ0v) is 28.7. The third-order valence-electron chi connectivity index (χ3n) is 8.63. The van der Waals surface area contributed by atoms with E-state index in [1.165, 1.54) is 174 Å². The van der Waals surface area contributed by atoms with Gasteiger partial charge in [0.1, 0.15) is 0 Å². The van der Waals surface area contributed by atoms with Crippen LogP contribution in [-0.2, 0) is 9.09 Å². The van der Waals surface area contributed by atoms with Crippen LogP contribution in [0.4, 0.5) is 0 Å². The Morgan fingerprint density at radius 1 is 0.425 bits per heavy atom. The molecule has 0 spiro atoms. The van der Waals surface area contributed by atoms with Crippen LogP contribution >= 0.6 is 7.75 Å². The van der Waals surface area contributed by atoms with Crippen LogP contribution in [-0.4, -0.2) is 29.8 Å². The first kappa shape index (κ1) is 40.1. The lowest BCUT2D eigenvalue weighted by Gasteiger charge is -2.25. The maximum absolute atomic E-state index is 12.5. The molecule has 0 rings (SSSR count). The molecule has 0 saturated carbocycles. The van der Waals surface area contributed by atoms with Gasteiger partial charge in [0, 0.05) is 20.2 Å². The van der Waals surface area contributed by atoms with Crippen LogP contribution in [0.1, 0.15) is 206 Å². The smallest absolute Gasteiger partial charge is 0.312 e. The van der Waals surface area contributed by atoms with Crippen LogP contribution < -0.4 is 0 Å². The fourth-order valence-electron chi connectivity index (χ4n) is 5.81. The summed E-state index contributed by atoms with van der Waals surface area (Å²) in [5, 5.41) is 0. The quantitative estimate of drug-likeness (QED) is 0.0601. The van der Waals surface area contributed by atoms with Crippen molar-refractivity contribution in [3.63, 3.8) is 0 Å². The van der Waals surface area contributed by atoms with E-state index in [4.69, 9.17) is 4.52 Å². The van der Waals surface area contributed by atoms with Crippen LogP contribution in [0.2, 0.25) is 0 Å². The van der Waals surface area contributed by atoms with Gasteiger partial charge in [0.2, 0.25) is 0 Å². The van der Waals surface area contributed by atoms with Gasteiger partial charge in [-0.2, -0.15) is 0 Å². The molecule has 0 fully saturated rings. The van der Waals surface area contributed by atoms with Crippen molar-refractivity contribution in [3.8, 4) is 0 Å². The van der Waals surface area contributed by atoms with Crippen LogP contribution in [0, 0.1) is 0 Å². The highest BCUT2D eigenvalue weighted by atomic mass is 31.2. The minimum atomic E-state index is -3.63. The lowest BCUT2D eigenvalue weighted by molar-refractivity contribution is 0.230. The molecular weight excluding hydrogens is 513 g/mol. The minimum absolute atomic E-state index is 0.679. The van der Waals surface area contributed by atoms with Crippen LogP contribution in [0.5, 0.6) is 0 Å². The lowest BCUT2D eigenvalue weighted by Crippen LogP contribution is -2.23. The molecule has 4 nitrogen and oxygen atoms in total. The molecule has 40 heavy (non-hydrogen) atoms. The van der Waals surface area contributed by atoms with Crippen LogP contribution in [0.15, 0.2) is 0 Å². The van der Waals surface area contributed by atoms with E-state index in [2.05, 4.69) is 13.8 Å². The largest absolute Gasteiger partial charge is 0.405 e. The van der Waals surface area contributed by atoms with Gasteiger partial charge in [-0.05, 0) is 12.8 Å². The zero-order valence-electron chi connectivity index (χ0n) is 27.8. The Hall–Kier alpha value is 0.110. The second kappa shape index (κ2) is 32.0. The molecule has 0 aromatic rings. The Morgan fingerprint density at radius 2 is 0.625 bits per heavy atom. The number of rotatable bonds is 34. The van der Waals surface area contributed by atoms with Gasteiger partial charge in [0.05, 0.1) is 0 Å². The average Bonchev–Trinajstić information content (AvgIpc) is 2.95. The Kier molecular flexibility index (Phi) is 32.1. The molecule has 1 unspecified atom stereocenters. The van der Waals surface area contributed by atoms with Crippen molar-refractivity contribution >= 4 is 7.75 Å². The van der Waals surface area contributed by atoms with Gasteiger partial charge >= 0.3 is 7.75 Å². The van der Waals surface area contributed by atoms with E-state index in [1.54, 1.807) is 4.67 Å². The summed E-state index contributed by atoms with van der Waals surface area (Å²) in [4.78, 5) is 10.3. The second-order valence-corrected chi connectivity index (χ2v) is 14.4. The number of nitrogens with zero attached hydrogens (tertiary/aromatic N) is 1. The predicted molar refractivity (Wildman–Crippen MR) is 178 cm³/mol. The first-order chi connectivity index (χ1) is 19.6. The van der Waals surface area contributed by atoms with Crippen molar-refractivity contribution in [2.45, 2.75) is 206 Å². The summed E-state index contributed by atoms with van der Waals surface area (Å²) in [6.07, 6.45) is 40.2. The topological polar surface area (TPSA) is 49.8 Å². The van der Waals surface area contributed by atoms with E-state index in [0.717, 1.165) is 25.7 Å². The highest BCUT2D eigenvalue weighted by Crippen LogP contribution is 2.45. The van der Waals surface area contributed by atoms with Crippen molar-refractivity contribution in [2.75, 3.05) is 20.2 Å². The monoisotopic (exact) mass is 588 g/mol. The summed E-state index contributed by atoms with van der Waals surface area (Å²) in [6.45, 7) is 5.93. The van der Waals surface area contributed by atoms with Gasteiger partial charge in [-0.3, -0.25) is 0 Å². The molecular formula is C35H74NO3P. The van der Waals surface area contributed by atoms with Gasteiger partial charge in [0.15, 0.2) is 0 Å². The Bertz CT molecular complexity index is 497. The van der Waals surface area contributed by atoms with Gasteiger partial charge in [0.25, 0.3) is 0 Å². The molecule has 0 saturated heterocycles. The summed E-state index contributed by atoms with van der Waals surface area (Å²) in [5.41, 5.74) is 0. The van der Waals surface area contributed by atoms with Gasteiger partial charge in [-0.15, -0.1) is 0 Å². The molecule has 0 amide bonds. The summed E-state index contributed by atoms with van der Waals surface area (Å²) < 4.78 is 19.2. The first-order valence-electron chi connectivity index (χ1n) is 18.2. The maximum atomic E-state index is 12.5. The van der Waals surface area contributed by atoms with E-state index in [1.807, 2.05) is 0 Å². The highest BCUT2D eigenvalue weighted by molar-refractivity contribution is 7.50. The van der Waals surface area contributed by atoms with Gasteiger partial charge in [-0.25, -0.2) is 9.24 Å².